The molecule has 1 saturated heterocycles. The number of pyridine rings is 1. The Morgan fingerprint density at radius 1 is 1.26 bits per heavy atom. The third-order valence-electron chi connectivity index (χ3n) is 6.72. The van der Waals surface area contributed by atoms with Crippen LogP contribution in [0.5, 0.6) is 5.75 Å². The van der Waals surface area contributed by atoms with Crippen LogP contribution in [0.1, 0.15) is 30.9 Å². The number of methoxy groups -OCH3 is 1. The molecule has 0 aromatic carbocycles. The average molecular weight is 460 g/mol. The maximum atomic E-state index is 12.9. The van der Waals surface area contributed by atoms with Crippen molar-refractivity contribution in [1.82, 2.24) is 29.6 Å². The highest BCUT2D eigenvalue weighted by molar-refractivity contribution is 5.87. The normalized spacial score (nSPS) is 21.6. The van der Waals surface area contributed by atoms with Gasteiger partial charge in [0, 0.05) is 48.6 Å². The van der Waals surface area contributed by atoms with E-state index in [0.717, 1.165) is 17.5 Å². The summed E-state index contributed by atoms with van der Waals surface area (Å²) in [5, 5.41) is 21.0. The number of hydrogen-bond donors (Lipinski definition) is 1. The van der Waals surface area contributed by atoms with Crippen molar-refractivity contribution in [2.75, 3.05) is 20.2 Å². The van der Waals surface area contributed by atoms with Crippen LogP contribution in [0.25, 0.3) is 16.6 Å². The second kappa shape index (κ2) is 8.67. The van der Waals surface area contributed by atoms with E-state index < -0.39 is 0 Å². The van der Waals surface area contributed by atoms with Crippen molar-refractivity contribution in [3.05, 3.63) is 49.1 Å². The highest BCUT2D eigenvalue weighted by atomic mass is 16.5. The molecule has 1 aliphatic heterocycles. The maximum absolute atomic E-state index is 12.9. The van der Waals surface area contributed by atoms with Crippen LogP contribution >= 0.6 is 0 Å². The monoisotopic (exact) mass is 459 g/mol. The lowest BCUT2D eigenvalue weighted by atomic mass is 9.79. The number of carbonyl (C=O) groups is 2. The zero-order chi connectivity index (χ0) is 23.8. The molecule has 3 aromatic heterocycles. The van der Waals surface area contributed by atoms with Gasteiger partial charge in [-0.2, -0.15) is 15.5 Å². The number of nitrogens with zero attached hydrogens (tertiary/aromatic N) is 6. The third-order valence-corrected chi connectivity index (χ3v) is 6.72. The predicted molar refractivity (Wildman–Crippen MR) is 123 cm³/mol. The first-order valence-electron chi connectivity index (χ1n) is 11.2. The van der Waals surface area contributed by atoms with Crippen molar-refractivity contribution in [3.8, 4) is 22.9 Å². The van der Waals surface area contributed by atoms with Gasteiger partial charge in [0.2, 0.25) is 11.8 Å². The average Bonchev–Trinajstić information content (AvgIpc) is 3.58. The lowest BCUT2D eigenvalue weighted by Gasteiger charge is -2.36. The molecule has 1 N–H and O–H groups in total. The van der Waals surface area contributed by atoms with Gasteiger partial charge in [0.15, 0.2) is 0 Å². The number of rotatable bonds is 6. The Hall–Kier alpha value is -4.13. The fourth-order valence-electron chi connectivity index (χ4n) is 4.78. The van der Waals surface area contributed by atoms with E-state index in [2.05, 4.69) is 28.2 Å². The second-order valence-electron chi connectivity index (χ2n) is 8.77. The fraction of sp³-hybridized carbons (Fsp3) is 0.375. The van der Waals surface area contributed by atoms with Crippen LogP contribution in [0.3, 0.4) is 0 Å². The minimum absolute atomic E-state index is 0.0337. The molecule has 1 atom stereocenters. The molecule has 10 heteroatoms. The molecule has 2 aliphatic rings. The van der Waals surface area contributed by atoms with Gasteiger partial charge in [-0.1, -0.05) is 6.58 Å². The number of nitrogens with one attached hydrogen (secondary N) is 1. The quantitative estimate of drug-likeness (QED) is 0.563. The van der Waals surface area contributed by atoms with Gasteiger partial charge < -0.3 is 15.0 Å². The SMILES string of the molecule is C=CC(=O)NC1CC(C(=O)N2CC[C@H](n3cc(-c4cc(OC)c5c(C#N)cnn5c4)cn3)C2)C1. The summed E-state index contributed by atoms with van der Waals surface area (Å²) in [6.07, 6.45) is 10.6. The number of carbonyl (C=O) groups excluding carboxylic acids is 2. The summed E-state index contributed by atoms with van der Waals surface area (Å²) in [6, 6.07) is 4.17. The lowest BCUT2D eigenvalue weighted by molar-refractivity contribution is -0.138. The number of ether oxygens (including phenoxy) is 1. The summed E-state index contributed by atoms with van der Waals surface area (Å²) in [4.78, 5) is 26.2. The number of fused-ring (bicyclic) bond motifs is 1. The molecule has 1 saturated carbocycles. The van der Waals surface area contributed by atoms with Crippen LogP contribution in [0.15, 0.2) is 43.5 Å². The smallest absolute Gasteiger partial charge is 0.243 e. The van der Waals surface area contributed by atoms with Crippen molar-refractivity contribution < 1.29 is 14.3 Å². The van der Waals surface area contributed by atoms with Gasteiger partial charge in [-0.05, 0) is 31.4 Å². The van der Waals surface area contributed by atoms with Crippen LogP contribution in [0, 0.1) is 17.2 Å². The van der Waals surface area contributed by atoms with Crippen LogP contribution in [-0.4, -0.2) is 62.3 Å². The van der Waals surface area contributed by atoms with E-state index >= 15 is 0 Å². The van der Waals surface area contributed by atoms with Gasteiger partial charge in [0.25, 0.3) is 0 Å². The van der Waals surface area contributed by atoms with Gasteiger partial charge in [-0.3, -0.25) is 14.3 Å². The predicted octanol–water partition coefficient (Wildman–Crippen LogP) is 1.93. The Bertz CT molecular complexity index is 1310. The molecule has 0 radical (unpaired) electrons. The topological polar surface area (TPSA) is 118 Å². The Labute approximate surface area is 196 Å². The molecular formula is C24H25N7O3. The Balaban J connectivity index is 1.25. The first-order chi connectivity index (χ1) is 16.5. The molecule has 174 valence electrons. The highest BCUT2D eigenvalue weighted by Gasteiger charge is 2.39. The molecule has 34 heavy (non-hydrogen) atoms. The maximum Gasteiger partial charge on any atom is 0.243 e. The summed E-state index contributed by atoms with van der Waals surface area (Å²) in [6.45, 7) is 4.77. The lowest BCUT2D eigenvalue weighted by Crippen LogP contribution is -2.49. The Morgan fingerprint density at radius 2 is 2.09 bits per heavy atom. The van der Waals surface area contributed by atoms with Crippen molar-refractivity contribution in [2.45, 2.75) is 31.3 Å². The summed E-state index contributed by atoms with van der Waals surface area (Å²) in [5.41, 5.74) is 2.86. The van der Waals surface area contributed by atoms with Crippen LogP contribution < -0.4 is 10.1 Å². The zero-order valence-corrected chi connectivity index (χ0v) is 18.8. The first kappa shape index (κ1) is 21.7. The van der Waals surface area contributed by atoms with Gasteiger partial charge in [-0.25, -0.2) is 4.52 Å². The Morgan fingerprint density at radius 3 is 2.82 bits per heavy atom. The standard InChI is InChI=1S/C24H25N7O3/c1-3-22(32)28-19-6-15(7-19)24(33)29-5-4-20(14-29)30-13-18(11-26-30)16-8-21(34-2)23-17(9-25)10-27-31(23)12-16/h3,8,10-13,15,19-20H,1,4-7,14H2,2H3,(H,28,32)/t15?,19?,20-/m0/s1. The number of hydrogen-bond acceptors (Lipinski definition) is 6. The molecule has 0 unspecified atom stereocenters. The molecule has 2 amide bonds. The van der Waals surface area contributed by atoms with E-state index in [-0.39, 0.29) is 29.8 Å². The van der Waals surface area contributed by atoms with Crippen molar-refractivity contribution in [1.29, 1.82) is 5.26 Å². The first-order valence-corrected chi connectivity index (χ1v) is 11.2. The minimum atomic E-state index is -0.193. The number of aromatic nitrogens is 4. The van der Waals surface area contributed by atoms with Gasteiger partial charge >= 0.3 is 0 Å². The zero-order valence-electron chi connectivity index (χ0n) is 18.8. The summed E-state index contributed by atoms with van der Waals surface area (Å²) in [7, 11) is 1.57. The number of amides is 2. The molecule has 1 aliphatic carbocycles. The van der Waals surface area contributed by atoms with Gasteiger partial charge in [-0.15, -0.1) is 0 Å². The van der Waals surface area contributed by atoms with Gasteiger partial charge in [0.05, 0.1) is 25.5 Å². The molecule has 3 aromatic rings. The fourth-order valence-corrected chi connectivity index (χ4v) is 4.78. The Kier molecular flexibility index (Phi) is 5.53. The molecule has 0 bridgehead atoms. The van der Waals surface area contributed by atoms with Crippen molar-refractivity contribution in [3.63, 3.8) is 0 Å². The molecule has 5 rings (SSSR count). The van der Waals surface area contributed by atoms with Crippen molar-refractivity contribution >= 4 is 17.3 Å². The van der Waals surface area contributed by atoms with Crippen molar-refractivity contribution in [2.24, 2.45) is 5.92 Å². The number of nitriles is 1. The molecule has 0 spiro atoms. The summed E-state index contributed by atoms with van der Waals surface area (Å²) in [5.74, 6) is 0.497. The molecule has 2 fully saturated rings. The highest BCUT2D eigenvalue weighted by Crippen LogP contribution is 2.33. The minimum Gasteiger partial charge on any atom is -0.494 e. The summed E-state index contributed by atoms with van der Waals surface area (Å²) < 4.78 is 9.06. The molecule has 4 heterocycles. The second-order valence-corrected chi connectivity index (χ2v) is 8.77. The van der Waals surface area contributed by atoms with E-state index in [0.29, 0.717) is 42.8 Å². The number of likely N-dealkylation sites (tertiary alicyclic amines) is 1. The summed E-state index contributed by atoms with van der Waals surface area (Å²) >= 11 is 0. The van der Waals surface area contributed by atoms with Crippen LogP contribution in [-0.2, 0) is 9.59 Å². The van der Waals surface area contributed by atoms with E-state index in [1.807, 2.05) is 28.0 Å². The largest absolute Gasteiger partial charge is 0.494 e. The van der Waals surface area contributed by atoms with E-state index in [4.69, 9.17) is 4.74 Å². The molecule has 10 nitrogen and oxygen atoms in total. The van der Waals surface area contributed by atoms with E-state index in [1.165, 1.54) is 12.3 Å². The molecular weight excluding hydrogens is 434 g/mol. The van der Waals surface area contributed by atoms with E-state index in [1.54, 1.807) is 17.8 Å². The van der Waals surface area contributed by atoms with Crippen LogP contribution in [0.2, 0.25) is 0 Å². The van der Waals surface area contributed by atoms with E-state index in [9.17, 15) is 14.9 Å². The van der Waals surface area contributed by atoms with Gasteiger partial charge in [0.1, 0.15) is 22.9 Å². The van der Waals surface area contributed by atoms with Crippen LogP contribution in [0.4, 0.5) is 0 Å². The third kappa shape index (κ3) is 3.79.